The first-order chi connectivity index (χ1) is 19.3. The number of fused-ring (bicyclic) bond motifs is 1. The zero-order valence-corrected chi connectivity index (χ0v) is 26.1. The first kappa shape index (κ1) is 28.3. The van der Waals surface area contributed by atoms with E-state index in [2.05, 4.69) is 31.9 Å². The van der Waals surface area contributed by atoms with Gasteiger partial charge >= 0.3 is 5.97 Å². The molecule has 1 aliphatic rings. The number of hydrogen-bond donors (Lipinski definition) is 0. The summed E-state index contributed by atoms with van der Waals surface area (Å²) in [4.78, 5) is 32.7. The number of rotatable bonds is 8. The van der Waals surface area contributed by atoms with E-state index < -0.39 is 12.0 Å². The van der Waals surface area contributed by atoms with Gasteiger partial charge in [-0.2, -0.15) is 0 Å². The maximum absolute atomic E-state index is 14.0. The van der Waals surface area contributed by atoms with E-state index in [1.165, 1.54) is 11.3 Å². The Morgan fingerprint density at radius 1 is 1.10 bits per heavy atom. The first-order valence-corrected chi connectivity index (χ1v) is 15.2. The van der Waals surface area contributed by atoms with E-state index in [0.717, 1.165) is 20.9 Å². The number of nitrogens with zero attached hydrogens (tertiary/aromatic N) is 2. The highest BCUT2D eigenvalue weighted by Crippen LogP contribution is 2.38. The van der Waals surface area contributed by atoms with Crippen LogP contribution in [-0.4, -0.2) is 24.3 Å². The van der Waals surface area contributed by atoms with Crippen molar-refractivity contribution in [2.45, 2.75) is 32.7 Å². The molecule has 2 aromatic carbocycles. The molecule has 10 heteroatoms. The summed E-state index contributed by atoms with van der Waals surface area (Å²) < 4.78 is 21.0. The molecule has 4 aromatic rings. The van der Waals surface area contributed by atoms with Gasteiger partial charge in [-0.3, -0.25) is 9.36 Å². The number of thiazole rings is 1. The number of hydrogen-bond acceptors (Lipinski definition) is 7. The molecule has 0 radical (unpaired) electrons. The van der Waals surface area contributed by atoms with Crippen LogP contribution in [0.15, 0.2) is 89.0 Å². The topological polar surface area (TPSA) is 83.0 Å². The number of carbonyl (C=O) groups excluding carboxylic acids is 1. The molecule has 206 valence electrons. The minimum atomic E-state index is -0.777. The summed E-state index contributed by atoms with van der Waals surface area (Å²) in [5.41, 5.74) is 2.25. The Morgan fingerprint density at radius 3 is 2.55 bits per heavy atom. The maximum Gasteiger partial charge on any atom is 0.338 e. The molecule has 0 N–H and O–H groups in total. The van der Waals surface area contributed by atoms with E-state index in [0.29, 0.717) is 49.9 Å². The number of allylic oxidation sites excluding steroid dienone is 1. The lowest BCUT2D eigenvalue weighted by Gasteiger charge is -2.27. The SMILES string of the molecule is CCCC1=C(C(=O)OCC)[C@@H](c2cc(Br)ccc2OC)n2c(s/c(=C/c3ccc(-c4ccc(Br)cc4)o3)c2=O)=N1. The van der Waals surface area contributed by atoms with Crippen molar-refractivity contribution in [1.82, 2.24) is 4.57 Å². The summed E-state index contributed by atoms with van der Waals surface area (Å²) in [6.07, 6.45) is 3.04. The zero-order valence-electron chi connectivity index (χ0n) is 22.1. The molecule has 0 unspecified atom stereocenters. The van der Waals surface area contributed by atoms with Gasteiger partial charge in [0.15, 0.2) is 4.80 Å². The fraction of sp³-hybridized carbons (Fsp3) is 0.233. The smallest absolute Gasteiger partial charge is 0.338 e. The van der Waals surface area contributed by atoms with Gasteiger partial charge in [-0.1, -0.05) is 68.7 Å². The van der Waals surface area contributed by atoms with Crippen molar-refractivity contribution in [3.05, 3.63) is 106 Å². The van der Waals surface area contributed by atoms with Gasteiger partial charge in [0.2, 0.25) is 0 Å². The fourth-order valence-corrected chi connectivity index (χ4v) is 6.31. The monoisotopic (exact) mass is 684 g/mol. The highest BCUT2D eigenvalue weighted by atomic mass is 79.9. The lowest BCUT2D eigenvalue weighted by Crippen LogP contribution is -2.40. The zero-order chi connectivity index (χ0) is 28.4. The van der Waals surface area contributed by atoms with E-state index in [1.807, 2.05) is 61.5 Å². The van der Waals surface area contributed by atoms with E-state index in [9.17, 15) is 9.59 Å². The van der Waals surface area contributed by atoms with E-state index in [1.54, 1.807) is 24.7 Å². The Bertz CT molecular complexity index is 1780. The second kappa shape index (κ2) is 12.1. The molecule has 0 aliphatic carbocycles. The molecular weight excluding hydrogens is 660 g/mol. The first-order valence-electron chi connectivity index (χ1n) is 12.8. The Hall–Kier alpha value is -3.21. The fourth-order valence-electron chi connectivity index (χ4n) is 4.66. The minimum Gasteiger partial charge on any atom is -0.496 e. The number of furan rings is 1. The molecule has 1 atom stereocenters. The maximum atomic E-state index is 14.0. The third-order valence-corrected chi connectivity index (χ3v) is 8.41. The Kier molecular flexibility index (Phi) is 8.58. The quantitative estimate of drug-likeness (QED) is 0.201. The Morgan fingerprint density at radius 2 is 1.85 bits per heavy atom. The molecule has 0 spiro atoms. The number of halogens is 2. The van der Waals surface area contributed by atoms with Gasteiger partial charge in [0.1, 0.15) is 23.3 Å². The van der Waals surface area contributed by atoms with Crippen molar-refractivity contribution in [2.75, 3.05) is 13.7 Å². The molecule has 40 heavy (non-hydrogen) atoms. The molecule has 0 amide bonds. The van der Waals surface area contributed by atoms with Gasteiger partial charge in [0.05, 0.1) is 29.5 Å². The lowest BCUT2D eigenvalue weighted by molar-refractivity contribution is -0.139. The summed E-state index contributed by atoms with van der Waals surface area (Å²) in [7, 11) is 1.57. The van der Waals surface area contributed by atoms with Gasteiger partial charge in [-0.05, 0) is 55.8 Å². The second-order valence-corrected chi connectivity index (χ2v) is 11.8. The van der Waals surface area contributed by atoms with Crippen molar-refractivity contribution in [3.8, 4) is 17.1 Å². The number of esters is 1. The van der Waals surface area contributed by atoms with Crippen LogP contribution in [0, 0.1) is 0 Å². The van der Waals surface area contributed by atoms with Crippen LogP contribution >= 0.6 is 43.2 Å². The third kappa shape index (κ3) is 5.53. The van der Waals surface area contributed by atoms with Gasteiger partial charge < -0.3 is 13.9 Å². The molecule has 3 heterocycles. The molecule has 7 nitrogen and oxygen atoms in total. The summed E-state index contributed by atoms with van der Waals surface area (Å²) in [6, 6.07) is 16.3. The number of methoxy groups -OCH3 is 1. The third-order valence-electron chi connectivity index (χ3n) is 6.41. The number of carbonyl (C=O) groups is 1. The molecular formula is C30H26Br2N2O5S. The Balaban J connectivity index is 1.71. The van der Waals surface area contributed by atoms with Crippen LogP contribution in [0.1, 0.15) is 44.1 Å². The number of aromatic nitrogens is 1. The largest absolute Gasteiger partial charge is 0.496 e. The van der Waals surface area contributed by atoms with Crippen molar-refractivity contribution in [3.63, 3.8) is 0 Å². The highest BCUT2D eigenvalue weighted by molar-refractivity contribution is 9.10. The van der Waals surface area contributed by atoms with Gasteiger partial charge in [0.25, 0.3) is 5.56 Å². The average molecular weight is 686 g/mol. The normalized spacial score (nSPS) is 15.1. The predicted molar refractivity (Wildman–Crippen MR) is 162 cm³/mol. The van der Waals surface area contributed by atoms with E-state index in [-0.39, 0.29) is 12.2 Å². The van der Waals surface area contributed by atoms with Crippen molar-refractivity contribution in [2.24, 2.45) is 4.99 Å². The lowest BCUT2D eigenvalue weighted by atomic mass is 9.93. The van der Waals surface area contributed by atoms with Crippen LogP contribution in [0.2, 0.25) is 0 Å². The number of ether oxygens (including phenoxy) is 2. The van der Waals surface area contributed by atoms with E-state index >= 15 is 0 Å². The van der Waals surface area contributed by atoms with Crippen LogP contribution in [0.3, 0.4) is 0 Å². The molecule has 0 fully saturated rings. The van der Waals surface area contributed by atoms with Crippen LogP contribution in [0.25, 0.3) is 17.4 Å². The van der Waals surface area contributed by atoms with Gasteiger partial charge in [-0.15, -0.1) is 0 Å². The highest BCUT2D eigenvalue weighted by Gasteiger charge is 2.36. The molecule has 2 aromatic heterocycles. The summed E-state index contributed by atoms with van der Waals surface area (Å²) in [5.74, 6) is 1.28. The van der Waals surface area contributed by atoms with Crippen LogP contribution in [-0.2, 0) is 9.53 Å². The van der Waals surface area contributed by atoms with Gasteiger partial charge in [-0.25, -0.2) is 9.79 Å². The predicted octanol–water partition coefficient (Wildman–Crippen LogP) is 6.37. The van der Waals surface area contributed by atoms with Crippen LogP contribution in [0.5, 0.6) is 5.75 Å². The van der Waals surface area contributed by atoms with Crippen molar-refractivity contribution >= 4 is 55.2 Å². The average Bonchev–Trinajstić information content (AvgIpc) is 3.53. The van der Waals surface area contributed by atoms with Crippen LogP contribution in [0.4, 0.5) is 0 Å². The summed E-state index contributed by atoms with van der Waals surface area (Å²) in [6.45, 7) is 3.98. The molecule has 0 saturated heterocycles. The minimum absolute atomic E-state index is 0.202. The Labute approximate surface area is 251 Å². The summed E-state index contributed by atoms with van der Waals surface area (Å²) in [5, 5.41) is 0. The van der Waals surface area contributed by atoms with Crippen LogP contribution < -0.4 is 19.6 Å². The molecule has 0 saturated carbocycles. The summed E-state index contributed by atoms with van der Waals surface area (Å²) >= 11 is 8.25. The van der Waals surface area contributed by atoms with Crippen molar-refractivity contribution in [1.29, 1.82) is 0 Å². The second-order valence-electron chi connectivity index (χ2n) is 9.01. The van der Waals surface area contributed by atoms with Gasteiger partial charge in [0, 0.05) is 26.1 Å². The van der Waals surface area contributed by atoms with E-state index in [4.69, 9.17) is 18.9 Å². The number of benzene rings is 2. The molecule has 5 rings (SSSR count). The standard InChI is InChI=1S/C30H26Br2N2O5S/c1-4-6-22-26(29(36)38-5-2)27(21-15-19(32)11-13-24(21)37-3)34-28(35)25(40-30(34)33-22)16-20-12-14-23(39-20)17-7-9-18(31)10-8-17/h7-16,27H,4-6H2,1-3H3/b25-16+/t27-/m1/s1. The molecule has 0 bridgehead atoms. The molecule has 1 aliphatic heterocycles. The van der Waals surface area contributed by atoms with Crippen molar-refractivity contribution < 1.29 is 18.7 Å².